The van der Waals surface area contributed by atoms with Gasteiger partial charge in [-0.1, -0.05) is 11.8 Å². The summed E-state index contributed by atoms with van der Waals surface area (Å²) in [6.45, 7) is 0. The number of halogens is 3. The van der Waals surface area contributed by atoms with Crippen molar-refractivity contribution in [2.24, 2.45) is 0 Å². The monoisotopic (exact) mass is 494 g/mol. The molecule has 0 aliphatic heterocycles. The Balaban J connectivity index is 1.78. The Morgan fingerprint density at radius 1 is 1.09 bits per heavy atom. The Bertz CT molecular complexity index is 1210. The van der Waals surface area contributed by atoms with Gasteiger partial charge in [0.2, 0.25) is 5.91 Å². The highest BCUT2D eigenvalue weighted by atomic mass is 32.2. The fourth-order valence-electron chi connectivity index (χ4n) is 2.78. The highest BCUT2D eigenvalue weighted by molar-refractivity contribution is 7.99. The summed E-state index contributed by atoms with van der Waals surface area (Å²) in [4.78, 5) is 30.3. The number of nitro benzene ring substituents is 1. The zero-order valence-corrected chi connectivity index (χ0v) is 18.6. The molecule has 0 saturated carbocycles. The first kappa shape index (κ1) is 24.8. The van der Waals surface area contributed by atoms with E-state index in [0.29, 0.717) is 23.1 Å². The van der Waals surface area contributed by atoms with E-state index < -0.39 is 22.7 Å². The van der Waals surface area contributed by atoms with E-state index in [0.717, 1.165) is 6.07 Å². The molecule has 0 bridgehead atoms. The molecule has 0 fully saturated rings. The molecule has 178 valence electrons. The molecule has 0 unspecified atom stereocenters. The number of nitro groups is 1. The highest BCUT2D eigenvalue weighted by Crippen LogP contribution is 2.33. The van der Waals surface area contributed by atoms with Crippen LogP contribution >= 0.6 is 11.8 Å². The van der Waals surface area contributed by atoms with Gasteiger partial charge in [0.15, 0.2) is 10.9 Å². The Kier molecular flexibility index (Phi) is 7.56. The van der Waals surface area contributed by atoms with Gasteiger partial charge in [-0.2, -0.15) is 13.2 Å². The number of nitrogens with one attached hydrogen (secondary N) is 1. The number of carbonyl (C=O) groups excluding carboxylic acids is 1. The van der Waals surface area contributed by atoms with Crippen molar-refractivity contribution in [1.82, 2.24) is 9.97 Å². The number of carbonyl (C=O) groups is 1. The van der Waals surface area contributed by atoms with Crippen molar-refractivity contribution in [2.45, 2.75) is 11.3 Å². The maximum atomic E-state index is 13.4. The van der Waals surface area contributed by atoms with E-state index in [1.54, 1.807) is 24.3 Å². The highest BCUT2D eigenvalue weighted by Gasteiger charge is 2.34. The number of aromatic nitrogens is 2. The lowest BCUT2D eigenvalue weighted by atomic mass is 10.1. The second-order valence-electron chi connectivity index (χ2n) is 6.63. The number of rotatable bonds is 8. The smallest absolute Gasteiger partial charge is 0.433 e. The topological polar surface area (TPSA) is 116 Å². The Labute approximate surface area is 195 Å². The van der Waals surface area contributed by atoms with Crippen molar-refractivity contribution >= 4 is 29.0 Å². The summed E-state index contributed by atoms with van der Waals surface area (Å²) in [5.74, 6) is -0.403. The van der Waals surface area contributed by atoms with Crippen LogP contribution in [0.25, 0.3) is 11.3 Å². The van der Waals surface area contributed by atoms with Crippen LogP contribution < -0.4 is 14.8 Å². The second-order valence-corrected chi connectivity index (χ2v) is 7.57. The molecular formula is C21H17F3N4O5S. The summed E-state index contributed by atoms with van der Waals surface area (Å²) in [5.41, 5.74) is -0.752. The zero-order valence-electron chi connectivity index (χ0n) is 17.8. The molecule has 3 aromatic rings. The summed E-state index contributed by atoms with van der Waals surface area (Å²) in [6.07, 6.45) is -4.71. The molecule has 1 amide bonds. The van der Waals surface area contributed by atoms with E-state index >= 15 is 0 Å². The summed E-state index contributed by atoms with van der Waals surface area (Å²) in [5, 5.41) is 13.2. The minimum Gasteiger partial charge on any atom is -0.497 e. The van der Waals surface area contributed by atoms with Crippen LogP contribution in [0, 0.1) is 10.1 Å². The molecule has 0 aliphatic rings. The summed E-state index contributed by atoms with van der Waals surface area (Å²) < 4.78 is 50.1. The molecule has 1 aromatic heterocycles. The maximum absolute atomic E-state index is 13.4. The van der Waals surface area contributed by atoms with Crippen LogP contribution in [0.15, 0.2) is 53.7 Å². The fourth-order valence-corrected chi connectivity index (χ4v) is 3.44. The average molecular weight is 494 g/mol. The van der Waals surface area contributed by atoms with Crippen LogP contribution in [0.4, 0.5) is 24.5 Å². The van der Waals surface area contributed by atoms with E-state index in [1.165, 1.54) is 32.4 Å². The average Bonchev–Trinajstić information content (AvgIpc) is 2.81. The normalized spacial score (nSPS) is 11.1. The van der Waals surface area contributed by atoms with Gasteiger partial charge in [-0.25, -0.2) is 9.97 Å². The molecule has 2 aromatic carbocycles. The van der Waals surface area contributed by atoms with Crippen molar-refractivity contribution in [3.8, 4) is 22.8 Å². The third-order valence-electron chi connectivity index (χ3n) is 4.37. The Hall–Kier alpha value is -3.87. The molecule has 0 atom stereocenters. The number of benzene rings is 2. The summed E-state index contributed by atoms with van der Waals surface area (Å²) in [6, 6.07) is 10.9. The van der Waals surface area contributed by atoms with Gasteiger partial charge in [-0.15, -0.1) is 0 Å². The number of alkyl halides is 3. The van der Waals surface area contributed by atoms with Crippen molar-refractivity contribution in [3.05, 3.63) is 64.3 Å². The number of anilines is 1. The van der Waals surface area contributed by atoms with Crippen LogP contribution in [0.5, 0.6) is 11.5 Å². The van der Waals surface area contributed by atoms with Crippen molar-refractivity contribution in [2.75, 3.05) is 25.3 Å². The van der Waals surface area contributed by atoms with Crippen molar-refractivity contribution < 1.29 is 32.4 Å². The van der Waals surface area contributed by atoms with Crippen LogP contribution in [0.2, 0.25) is 0 Å². The number of nitrogens with zero attached hydrogens (tertiary/aromatic N) is 3. The molecular weight excluding hydrogens is 477 g/mol. The van der Waals surface area contributed by atoms with Gasteiger partial charge < -0.3 is 14.8 Å². The van der Waals surface area contributed by atoms with E-state index in [2.05, 4.69) is 15.3 Å². The van der Waals surface area contributed by atoms with Gasteiger partial charge in [0.25, 0.3) is 0 Å². The molecule has 13 heteroatoms. The fraction of sp³-hybridized carbons (Fsp3) is 0.190. The maximum Gasteiger partial charge on any atom is 0.433 e. The number of hydrogen-bond acceptors (Lipinski definition) is 8. The molecule has 0 spiro atoms. The standard InChI is InChI=1S/C21H17F3N4O5S/c1-32-14-6-3-12(4-7-14)15-10-18(21(22,23)24)27-20(26-15)34-11-19(29)25-13-5-8-16(28(30)31)17(9-13)33-2/h3-10H,11H2,1-2H3,(H,25,29). The van der Waals surface area contributed by atoms with E-state index in [9.17, 15) is 28.1 Å². The van der Waals surface area contributed by atoms with Crippen LogP contribution in [-0.4, -0.2) is 40.8 Å². The second kappa shape index (κ2) is 10.4. The first-order valence-electron chi connectivity index (χ1n) is 9.46. The lowest BCUT2D eigenvalue weighted by molar-refractivity contribution is -0.385. The lowest BCUT2D eigenvalue weighted by Crippen LogP contribution is -2.15. The van der Waals surface area contributed by atoms with Gasteiger partial charge in [0.1, 0.15) is 11.4 Å². The SMILES string of the molecule is COc1ccc(-c2cc(C(F)(F)F)nc(SCC(=O)Nc3ccc([N+](=O)[O-])c(OC)c3)n2)cc1. The van der Waals surface area contributed by atoms with Gasteiger partial charge in [-0.05, 0) is 36.4 Å². The van der Waals surface area contributed by atoms with Gasteiger partial charge in [0, 0.05) is 23.4 Å². The number of ether oxygens (including phenoxy) is 2. The Morgan fingerprint density at radius 2 is 1.79 bits per heavy atom. The molecule has 0 radical (unpaired) electrons. The van der Waals surface area contributed by atoms with Gasteiger partial charge in [0.05, 0.1) is 30.6 Å². The lowest BCUT2D eigenvalue weighted by Gasteiger charge is -2.11. The molecule has 34 heavy (non-hydrogen) atoms. The summed E-state index contributed by atoms with van der Waals surface area (Å²) >= 11 is 0.714. The predicted molar refractivity (Wildman–Crippen MR) is 118 cm³/mol. The molecule has 0 saturated heterocycles. The largest absolute Gasteiger partial charge is 0.497 e. The van der Waals surface area contributed by atoms with Crippen LogP contribution in [0.3, 0.4) is 0 Å². The number of thioether (sulfide) groups is 1. The number of amides is 1. The zero-order chi connectivity index (χ0) is 24.9. The van der Waals surface area contributed by atoms with E-state index in [1.807, 2.05) is 0 Å². The van der Waals surface area contributed by atoms with Crippen molar-refractivity contribution in [1.29, 1.82) is 0 Å². The first-order valence-corrected chi connectivity index (χ1v) is 10.4. The number of methoxy groups -OCH3 is 2. The van der Waals surface area contributed by atoms with Gasteiger partial charge in [-0.3, -0.25) is 14.9 Å². The minimum atomic E-state index is -4.71. The van der Waals surface area contributed by atoms with Crippen LogP contribution in [-0.2, 0) is 11.0 Å². The van der Waals surface area contributed by atoms with Gasteiger partial charge >= 0.3 is 11.9 Å². The van der Waals surface area contributed by atoms with Crippen LogP contribution in [0.1, 0.15) is 5.69 Å². The predicted octanol–water partition coefficient (Wildman–Crippen LogP) is 4.82. The molecule has 1 N–H and O–H groups in total. The van der Waals surface area contributed by atoms with Crippen molar-refractivity contribution in [3.63, 3.8) is 0 Å². The molecule has 3 rings (SSSR count). The first-order chi connectivity index (χ1) is 16.1. The minimum absolute atomic E-state index is 0.0352. The van der Waals surface area contributed by atoms with E-state index in [4.69, 9.17) is 9.47 Å². The number of hydrogen-bond donors (Lipinski definition) is 1. The molecule has 0 aliphatic carbocycles. The van der Waals surface area contributed by atoms with E-state index in [-0.39, 0.29) is 33.7 Å². The third-order valence-corrected chi connectivity index (χ3v) is 5.22. The summed E-state index contributed by atoms with van der Waals surface area (Å²) in [7, 11) is 2.71. The molecule has 1 heterocycles. The Morgan fingerprint density at radius 3 is 2.38 bits per heavy atom. The third kappa shape index (κ3) is 6.13. The quantitative estimate of drug-likeness (QED) is 0.205. The molecule has 9 nitrogen and oxygen atoms in total.